The first-order valence-electron chi connectivity index (χ1n) is 5.65. The molecule has 1 aromatic rings. The van der Waals surface area contributed by atoms with Crippen LogP contribution < -0.4 is 10.1 Å². The van der Waals surface area contributed by atoms with Gasteiger partial charge in [-0.25, -0.2) is 4.98 Å². The summed E-state index contributed by atoms with van der Waals surface area (Å²) < 4.78 is 5.08. The molecule has 0 bridgehead atoms. The molecule has 0 aliphatic rings. The van der Waals surface area contributed by atoms with Crippen molar-refractivity contribution in [1.82, 2.24) is 10.3 Å². The number of nitrogens with one attached hydrogen (secondary N) is 1. The summed E-state index contributed by atoms with van der Waals surface area (Å²) in [5, 5.41) is 3.36. The number of hydrogen-bond acceptors (Lipinski definition) is 3. The van der Waals surface area contributed by atoms with Gasteiger partial charge in [0.25, 0.3) is 0 Å². The highest BCUT2D eigenvalue weighted by atomic mass is 16.5. The van der Waals surface area contributed by atoms with Crippen LogP contribution in [0, 0.1) is 0 Å². The summed E-state index contributed by atoms with van der Waals surface area (Å²) in [5.41, 5.74) is 2.21. The minimum Gasteiger partial charge on any atom is -0.481 e. The van der Waals surface area contributed by atoms with Gasteiger partial charge in [-0.15, -0.1) is 0 Å². The van der Waals surface area contributed by atoms with Gasteiger partial charge in [-0.3, -0.25) is 0 Å². The quantitative estimate of drug-likeness (QED) is 0.748. The van der Waals surface area contributed by atoms with Crippen LogP contribution in [0.1, 0.15) is 26.0 Å². The third-order valence-electron chi connectivity index (χ3n) is 2.18. The lowest BCUT2D eigenvalue weighted by Gasteiger charge is -2.04. The van der Waals surface area contributed by atoms with Crippen molar-refractivity contribution >= 4 is 6.08 Å². The molecule has 0 spiro atoms. The Labute approximate surface area is 97.5 Å². The van der Waals surface area contributed by atoms with E-state index in [9.17, 15) is 0 Å². The number of ether oxygens (including phenoxy) is 1. The average Bonchev–Trinajstić information content (AvgIpc) is 2.29. The fraction of sp³-hybridized carbons (Fsp3) is 0.462. The van der Waals surface area contributed by atoms with E-state index in [0.29, 0.717) is 5.88 Å². The lowest BCUT2D eigenvalue weighted by Crippen LogP contribution is -2.16. The summed E-state index contributed by atoms with van der Waals surface area (Å²) in [6.07, 6.45) is 3.23. The molecule has 0 aliphatic heterocycles. The summed E-state index contributed by atoms with van der Waals surface area (Å²) in [6.45, 7) is 6.23. The molecular formula is C13H20N2O. The van der Waals surface area contributed by atoms with Crippen LogP contribution in [0.15, 0.2) is 23.8 Å². The Morgan fingerprint density at radius 3 is 3.00 bits per heavy atom. The van der Waals surface area contributed by atoms with Gasteiger partial charge in [0.05, 0.1) is 12.8 Å². The molecule has 3 heteroatoms. The number of methoxy groups -OCH3 is 1. The fourth-order valence-electron chi connectivity index (χ4n) is 1.39. The van der Waals surface area contributed by atoms with Gasteiger partial charge in [0.15, 0.2) is 0 Å². The molecule has 0 fully saturated rings. The van der Waals surface area contributed by atoms with Crippen LogP contribution in [-0.2, 0) is 0 Å². The second-order valence-corrected chi connectivity index (χ2v) is 3.77. The van der Waals surface area contributed by atoms with Crippen molar-refractivity contribution in [2.75, 3.05) is 20.2 Å². The van der Waals surface area contributed by atoms with Gasteiger partial charge in [0.1, 0.15) is 0 Å². The molecule has 0 radical (unpaired) electrons. The minimum atomic E-state index is 0.656. The van der Waals surface area contributed by atoms with Crippen LogP contribution in [0.3, 0.4) is 0 Å². The highest BCUT2D eigenvalue weighted by Gasteiger charge is 1.95. The normalized spacial score (nSPS) is 11.6. The smallest absolute Gasteiger partial charge is 0.213 e. The lowest BCUT2D eigenvalue weighted by molar-refractivity contribution is 0.397. The third-order valence-corrected chi connectivity index (χ3v) is 2.18. The Morgan fingerprint density at radius 1 is 1.50 bits per heavy atom. The number of aromatic nitrogens is 1. The van der Waals surface area contributed by atoms with E-state index < -0.39 is 0 Å². The molecule has 1 heterocycles. The van der Waals surface area contributed by atoms with E-state index in [1.807, 2.05) is 18.2 Å². The van der Waals surface area contributed by atoms with Crippen molar-refractivity contribution < 1.29 is 4.74 Å². The van der Waals surface area contributed by atoms with Crippen LogP contribution in [0.4, 0.5) is 0 Å². The zero-order chi connectivity index (χ0) is 11.8. The monoisotopic (exact) mass is 220 g/mol. The Bertz CT molecular complexity index is 348. The molecule has 3 nitrogen and oxygen atoms in total. The van der Waals surface area contributed by atoms with Crippen LogP contribution in [0.2, 0.25) is 0 Å². The molecule has 0 saturated carbocycles. The molecule has 0 aliphatic carbocycles. The SMILES string of the molecule is CCCNC/C(C)=C/c1cccc(OC)n1. The molecule has 1 aromatic heterocycles. The van der Waals surface area contributed by atoms with Crippen molar-refractivity contribution in [1.29, 1.82) is 0 Å². The maximum absolute atomic E-state index is 5.08. The van der Waals surface area contributed by atoms with Crippen LogP contribution >= 0.6 is 0 Å². The summed E-state index contributed by atoms with van der Waals surface area (Å²) in [4.78, 5) is 4.33. The average molecular weight is 220 g/mol. The Hall–Kier alpha value is -1.35. The number of rotatable bonds is 6. The zero-order valence-corrected chi connectivity index (χ0v) is 10.3. The van der Waals surface area contributed by atoms with E-state index in [1.165, 1.54) is 5.57 Å². The van der Waals surface area contributed by atoms with Gasteiger partial charge in [-0.05, 0) is 32.0 Å². The first-order valence-corrected chi connectivity index (χ1v) is 5.65. The van der Waals surface area contributed by atoms with Crippen molar-refractivity contribution in [2.24, 2.45) is 0 Å². The topological polar surface area (TPSA) is 34.1 Å². The summed E-state index contributed by atoms with van der Waals surface area (Å²) in [6, 6.07) is 5.78. The highest BCUT2D eigenvalue weighted by molar-refractivity contribution is 5.49. The van der Waals surface area contributed by atoms with E-state index in [0.717, 1.165) is 25.2 Å². The molecule has 1 N–H and O–H groups in total. The molecule has 0 unspecified atom stereocenters. The van der Waals surface area contributed by atoms with E-state index >= 15 is 0 Å². The first kappa shape index (κ1) is 12.7. The summed E-state index contributed by atoms with van der Waals surface area (Å²) >= 11 is 0. The maximum Gasteiger partial charge on any atom is 0.213 e. The van der Waals surface area contributed by atoms with Gasteiger partial charge < -0.3 is 10.1 Å². The van der Waals surface area contributed by atoms with E-state index in [-0.39, 0.29) is 0 Å². The molecule has 0 atom stereocenters. The molecule has 88 valence electrons. The molecule has 0 saturated heterocycles. The van der Waals surface area contributed by atoms with Gasteiger partial charge in [-0.2, -0.15) is 0 Å². The van der Waals surface area contributed by atoms with Gasteiger partial charge in [0, 0.05) is 12.6 Å². The van der Waals surface area contributed by atoms with Crippen molar-refractivity contribution in [3.8, 4) is 5.88 Å². The summed E-state index contributed by atoms with van der Waals surface area (Å²) in [5.74, 6) is 0.656. The second kappa shape index (κ2) is 7.01. The largest absolute Gasteiger partial charge is 0.481 e. The lowest BCUT2D eigenvalue weighted by atomic mass is 10.2. The molecule has 16 heavy (non-hydrogen) atoms. The van der Waals surface area contributed by atoms with Crippen LogP contribution in [0.25, 0.3) is 6.08 Å². The van der Waals surface area contributed by atoms with Crippen LogP contribution in [0.5, 0.6) is 5.88 Å². The second-order valence-electron chi connectivity index (χ2n) is 3.77. The van der Waals surface area contributed by atoms with Gasteiger partial charge >= 0.3 is 0 Å². The number of pyridine rings is 1. The molecule has 0 aromatic carbocycles. The Balaban J connectivity index is 2.58. The van der Waals surface area contributed by atoms with Crippen molar-refractivity contribution in [3.63, 3.8) is 0 Å². The minimum absolute atomic E-state index is 0.656. The molecular weight excluding hydrogens is 200 g/mol. The Morgan fingerprint density at radius 2 is 2.31 bits per heavy atom. The van der Waals surface area contributed by atoms with E-state index in [1.54, 1.807) is 7.11 Å². The summed E-state index contributed by atoms with van der Waals surface area (Å²) in [7, 11) is 1.63. The predicted molar refractivity (Wildman–Crippen MR) is 67.6 cm³/mol. The number of hydrogen-bond donors (Lipinski definition) is 1. The standard InChI is InChI=1S/C13H20N2O/c1-4-8-14-10-11(2)9-12-6-5-7-13(15-12)16-3/h5-7,9,14H,4,8,10H2,1-3H3/b11-9+. The third kappa shape index (κ3) is 4.45. The molecule has 1 rings (SSSR count). The predicted octanol–water partition coefficient (Wildman–Crippen LogP) is 2.49. The molecule has 0 amide bonds. The van der Waals surface area contributed by atoms with Gasteiger partial charge in [0.2, 0.25) is 5.88 Å². The van der Waals surface area contributed by atoms with Crippen LogP contribution in [-0.4, -0.2) is 25.2 Å². The maximum atomic E-state index is 5.08. The fourth-order valence-corrected chi connectivity index (χ4v) is 1.39. The highest BCUT2D eigenvalue weighted by Crippen LogP contribution is 2.09. The zero-order valence-electron chi connectivity index (χ0n) is 10.3. The van der Waals surface area contributed by atoms with Crippen molar-refractivity contribution in [3.05, 3.63) is 29.5 Å². The van der Waals surface area contributed by atoms with E-state index in [4.69, 9.17) is 4.74 Å². The van der Waals surface area contributed by atoms with Gasteiger partial charge in [-0.1, -0.05) is 18.6 Å². The first-order chi connectivity index (χ1) is 7.76. The number of nitrogens with zero attached hydrogens (tertiary/aromatic N) is 1. The van der Waals surface area contributed by atoms with E-state index in [2.05, 4.69) is 30.2 Å². The Kier molecular flexibility index (Phi) is 5.57. The van der Waals surface area contributed by atoms with Crippen molar-refractivity contribution in [2.45, 2.75) is 20.3 Å².